The zero-order chi connectivity index (χ0) is 19.2. The molecule has 0 bridgehead atoms. The van der Waals surface area contributed by atoms with E-state index in [1.807, 2.05) is 13.8 Å². The van der Waals surface area contributed by atoms with E-state index in [0.717, 1.165) is 36.3 Å². The number of nitrogens with zero attached hydrogens (tertiary/aromatic N) is 1. The van der Waals surface area contributed by atoms with Crippen molar-refractivity contribution in [2.24, 2.45) is 4.99 Å². The number of hydrogen-bond acceptors (Lipinski definition) is 4. The van der Waals surface area contributed by atoms with E-state index in [1.165, 1.54) is 12.1 Å². The molecule has 1 aliphatic heterocycles. The molecule has 2 N–H and O–H groups in total. The van der Waals surface area contributed by atoms with Gasteiger partial charge in [0.1, 0.15) is 23.7 Å². The van der Waals surface area contributed by atoms with Crippen LogP contribution in [0.5, 0.6) is 0 Å². The minimum atomic E-state index is -0.266. The van der Waals surface area contributed by atoms with Gasteiger partial charge in [-0.05, 0) is 45.4 Å². The molecule has 0 saturated carbocycles. The van der Waals surface area contributed by atoms with Gasteiger partial charge in [-0.1, -0.05) is 0 Å². The van der Waals surface area contributed by atoms with Crippen LogP contribution >= 0.6 is 0 Å². The van der Waals surface area contributed by atoms with Crippen LogP contribution in [0.2, 0.25) is 0 Å². The molecule has 1 aromatic heterocycles. The third-order valence-electron chi connectivity index (χ3n) is 4.57. The molecule has 2 heterocycles. The molecule has 7 heteroatoms. The summed E-state index contributed by atoms with van der Waals surface area (Å²) < 4.78 is 30.5. The van der Waals surface area contributed by atoms with Gasteiger partial charge in [-0.15, -0.1) is 0 Å². The zero-order valence-corrected chi connectivity index (χ0v) is 16.2. The summed E-state index contributed by atoms with van der Waals surface area (Å²) in [6.45, 7) is 9.16. The van der Waals surface area contributed by atoms with E-state index in [9.17, 15) is 4.39 Å². The van der Waals surface area contributed by atoms with Crippen molar-refractivity contribution in [2.45, 2.75) is 45.9 Å². The van der Waals surface area contributed by atoms with Gasteiger partial charge in [0.05, 0.1) is 19.3 Å². The number of halogens is 1. The Morgan fingerprint density at radius 2 is 2.30 bits per heavy atom. The highest BCUT2D eigenvalue weighted by Gasteiger charge is 2.17. The quantitative estimate of drug-likeness (QED) is 0.573. The molecule has 1 fully saturated rings. The third-order valence-corrected chi connectivity index (χ3v) is 4.57. The van der Waals surface area contributed by atoms with Crippen LogP contribution in [0.15, 0.2) is 27.6 Å². The van der Waals surface area contributed by atoms with Crippen LogP contribution in [0.1, 0.15) is 31.6 Å². The lowest BCUT2D eigenvalue weighted by Crippen LogP contribution is -2.44. The van der Waals surface area contributed by atoms with Crippen LogP contribution in [0, 0.1) is 12.7 Å². The van der Waals surface area contributed by atoms with E-state index < -0.39 is 0 Å². The summed E-state index contributed by atoms with van der Waals surface area (Å²) >= 11 is 0. The molecule has 6 nitrogen and oxygen atoms in total. The first-order valence-corrected chi connectivity index (χ1v) is 9.48. The number of ether oxygens (including phenoxy) is 2. The van der Waals surface area contributed by atoms with E-state index in [-0.39, 0.29) is 18.0 Å². The Morgan fingerprint density at radius 3 is 3.04 bits per heavy atom. The highest BCUT2D eigenvalue weighted by atomic mass is 19.1. The van der Waals surface area contributed by atoms with Crippen molar-refractivity contribution >= 4 is 16.9 Å². The Balaban J connectivity index is 1.62. The van der Waals surface area contributed by atoms with Crippen molar-refractivity contribution in [1.82, 2.24) is 10.6 Å². The Hall–Kier alpha value is -2.12. The number of nitrogens with one attached hydrogen (secondary N) is 2. The highest BCUT2D eigenvalue weighted by Crippen LogP contribution is 2.26. The summed E-state index contributed by atoms with van der Waals surface area (Å²) in [5.41, 5.74) is 1.60. The summed E-state index contributed by atoms with van der Waals surface area (Å²) in [4.78, 5) is 4.61. The molecule has 148 valence electrons. The molecule has 3 rings (SSSR count). The predicted octanol–water partition coefficient (Wildman–Crippen LogP) is 3.13. The molecule has 27 heavy (non-hydrogen) atoms. The standard InChI is InChI=1S/C20H28FN3O3/c1-4-22-20(24-13(2)11-26-16-7-8-25-12-16)23-10-19-14(3)17-9-15(21)5-6-18(17)27-19/h5-6,9,13,16H,4,7-8,10-12H2,1-3H3,(H2,22,23,24). The number of benzene rings is 1. The van der Waals surface area contributed by atoms with Crippen molar-refractivity contribution in [3.8, 4) is 0 Å². The molecule has 2 unspecified atom stereocenters. The van der Waals surface area contributed by atoms with Gasteiger partial charge < -0.3 is 24.5 Å². The van der Waals surface area contributed by atoms with Crippen molar-refractivity contribution in [3.63, 3.8) is 0 Å². The second-order valence-electron chi connectivity index (χ2n) is 6.85. The SMILES string of the molecule is CCNC(=NCc1oc2ccc(F)cc2c1C)NC(C)COC1CCOC1. The fraction of sp³-hybridized carbons (Fsp3) is 0.550. The highest BCUT2D eigenvalue weighted by molar-refractivity contribution is 5.82. The fourth-order valence-corrected chi connectivity index (χ4v) is 3.07. The first-order chi connectivity index (χ1) is 13.1. The van der Waals surface area contributed by atoms with Gasteiger partial charge in [-0.3, -0.25) is 0 Å². The van der Waals surface area contributed by atoms with Crippen LogP contribution in [0.25, 0.3) is 11.0 Å². The topological polar surface area (TPSA) is 68.0 Å². The van der Waals surface area contributed by atoms with E-state index >= 15 is 0 Å². The minimum absolute atomic E-state index is 0.106. The summed E-state index contributed by atoms with van der Waals surface area (Å²) in [7, 11) is 0. The van der Waals surface area contributed by atoms with Crippen molar-refractivity contribution in [2.75, 3.05) is 26.4 Å². The van der Waals surface area contributed by atoms with Gasteiger partial charge >= 0.3 is 0 Å². The Kier molecular flexibility index (Phi) is 6.68. The Morgan fingerprint density at radius 1 is 1.44 bits per heavy atom. The molecule has 1 aliphatic rings. The molecule has 0 radical (unpaired) electrons. The lowest BCUT2D eigenvalue weighted by Gasteiger charge is -2.19. The maximum absolute atomic E-state index is 13.5. The average Bonchev–Trinajstić information content (AvgIpc) is 3.27. The first-order valence-electron chi connectivity index (χ1n) is 9.48. The molecule has 0 spiro atoms. The predicted molar refractivity (Wildman–Crippen MR) is 103 cm³/mol. The fourth-order valence-electron chi connectivity index (χ4n) is 3.07. The summed E-state index contributed by atoms with van der Waals surface area (Å²) in [5, 5.41) is 7.37. The number of aryl methyl sites for hydroxylation is 1. The van der Waals surface area contributed by atoms with Gasteiger partial charge in [0.25, 0.3) is 0 Å². The lowest BCUT2D eigenvalue weighted by atomic mass is 10.1. The monoisotopic (exact) mass is 377 g/mol. The molecule has 2 atom stereocenters. The average molecular weight is 377 g/mol. The Labute approximate surface area is 159 Å². The minimum Gasteiger partial charge on any atom is -0.459 e. The molecule has 0 amide bonds. The number of rotatable bonds is 7. The van der Waals surface area contributed by atoms with Gasteiger partial charge in [-0.25, -0.2) is 9.38 Å². The van der Waals surface area contributed by atoms with Gasteiger partial charge in [0, 0.05) is 30.1 Å². The van der Waals surface area contributed by atoms with Gasteiger partial charge in [-0.2, -0.15) is 0 Å². The number of hydrogen-bond donors (Lipinski definition) is 2. The smallest absolute Gasteiger partial charge is 0.191 e. The summed E-state index contributed by atoms with van der Waals surface area (Å²) in [5.74, 6) is 1.17. The largest absolute Gasteiger partial charge is 0.459 e. The Bertz CT molecular complexity index is 784. The second-order valence-corrected chi connectivity index (χ2v) is 6.85. The van der Waals surface area contributed by atoms with Crippen LogP contribution in [-0.2, 0) is 16.0 Å². The van der Waals surface area contributed by atoms with Crippen LogP contribution in [0.4, 0.5) is 4.39 Å². The zero-order valence-electron chi connectivity index (χ0n) is 16.2. The molecule has 1 aromatic carbocycles. The van der Waals surface area contributed by atoms with Crippen molar-refractivity contribution in [1.29, 1.82) is 0 Å². The number of fused-ring (bicyclic) bond motifs is 1. The molecular formula is C20H28FN3O3. The number of guanidine groups is 1. The van der Waals surface area contributed by atoms with Gasteiger partial charge in [0.2, 0.25) is 0 Å². The van der Waals surface area contributed by atoms with Gasteiger partial charge in [0.15, 0.2) is 5.96 Å². The molecule has 0 aliphatic carbocycles. The number of furan rings is 1. The molecular weight excluding hydrogens is 349 g/mol. The molecule has 2 aromatic rings. The van der Waals surface area contributed by atoms with E-state index in [2.05, 4.69) is 22.5 Å². The summed E-state index contributed by atoms with van der Waals surface area (Å²) in [6.07, 6.45) is 1.14. The van der Waals surface area contributed by atoms with Crippen molar-refractivity contribution in [3.05, 3.63) is 35.3 Å². The molecule has 1 saturated heterocycles. The first kappa shape index (κ1) is 19.6. The summed E-state index contributed by atoms with van der Waals surface area (Å²) in [6, 6.07) is 4.66. The van der Waals surface area contributed by atoms with E-state index in [4.69, 9.17) is 13.9 Å². The maximum atomic E-state index is 13.5. The lowest BCUT2D eigenvalue weighted by molar-refractivity contribution is 0.0347. The van der Waals surface area contributed by atoms with E-state index in [0.29, 0.717) is 31.3 Å². The number of aliphatic imine (C=N–C) groups is 1. The van der Waals surface area contributed by atoms with Crippen LogP contribution < -0.4 is 10.6 Å². The normalized spacial score (nSPS) is 18.8. The third kappa shape index (κ3) is 5.20. The van der Waals surface area contributed by atoms with E-state index in [1.54, 1.807) is 6.07 Å². The van der Waals surface area contributed by atoms with Crippen LogP contribution in [-0.4, -0.2) is 44.5 Å². The van der Waals surface area contributed by atoms with Crippen molar-refractivity contribution < 1.29 is 18.3 Å². The maximum Gasteiger partial charge on any atom is 0.191 e. The second kappa shape index (κ2) is 9.19. The van der Waals surface area contributed by atoms with Crippen LogP contribution in [0.3, 0.4) is 0 Å².